The maximum Gasteiger partial charge on any atom is 0.115 e. The zero-order valence-electron chi connectivity index (χ0n) is 9.57. The standard InChI is InChI=1S/C14H14ClNO/c1-10-5-6-12(8-14(10)15)16-9-11-3-2-4-13(17)7-11/h2-8,16-17H,9H2,1H3. The largest absolute Gasteiger partial charge is 0.508 e. The topological polar surface area (TPSA) is 32.3 Å². The highest BCUT2D eigenvalue weighted by Gasteiger charge is 1.98. The molecule has 2 rings (SSSR count). The number of phenols is 1. The highest BCUT2D eigenvalue weighted by atomic mass is 35.5. The minimum Gasteiger partial charge on any atom is -0.508 e. The molecule has 88 valence electrons. The third-order valence-electron chi connectivity index (χ3n) is 2.58. The van der Waals surface area contributed by atoms with Crippen molar-refractivity contribution < 1.29 is 5.11 Å². The number of aryl methyl sites for hydroxylation is 1. The van der Waals surface area contributed by atoms with E-state index in [9.17, 15) is 5.11 Å². The van der Waals surface area contributed by atoms with Gasteiger partial charge in [-0.3, -0.25) is 0 Å². The highest BCUT2D eigenvalue weighted by Crippen LogP contribution is 2.20. The van der Waals surface area contributed by atoms with Gasteiger partial charge in [-0.05, 0) is 42.3 Å². The van der Waals surface area contributed by atoms with Crippen molar-refractivity contribution in [3.05, 3.63) is 58.6 Å². The molecule has 0 fully saturated rings. The van der Waals surface area contributed by atoms with E-state index >= 15 is 0 Å². The van der Waals surface area contributed by atoms with E-state index in [4.69, 9.17) is 11.6 Å². The number of anilines is 1. The molecular formula is C14H14ClNO. The molecule has 0 aliphatic rings. The van der Waals surface area contributed by atoms with E-state index in [-0.39, 0.29) is 5.75 Å². The Morgan fingerprint density at radius 3 is 2.71 bits per heavy atom. The summed E-state index contributed by atoms with van der Waals surface area (Å²) in [5.41, 5.74) is 3.07. The number of hydrogen-bond donors (Lipinski definition) is 2. The van der Waals surface area contributed by atoms with Gasteiger partial charge in [0.1, 0.15) is 5.75 Å². The summed E-state index contributed by atoms with van der Waals surface area (Å²) < 4.78 is 0. The van der Waals surface area contributed by atoms with Crippen LogP contribution in [-0.4, -0.2) is 5.11 Å². The zero-order valence-corrected chi connectivity index (χ0v) is 10.3. The van der Waals surface area contributed by atoms with Crippen molar-refractivity contribution in [1.29, 1.82) is 0 Å². The summed E-state index contributed by atoms with van der Waals surface area (Å²) in [6.07, 6.45) is 0. The second-order valence-electron chi connectivity index (χ2n) is 3.99. The van der Waals surface area contributed by atoms with E-state index in [1.54, 1.807) is 12.1 Å². The molecule has 0 spiro atoms. The van der Waals surface area contributed by atoms with Crippen LogP contribution in [0.5, 0.6) is 5.75 Å². The zero-order chi connectivity index (χ0) is 12.3. The number of hydrogen-bond acceptors (Lipinski definition) is 2. The first-order chi connectivity index (χ1) is 8.15. The van der Waals surface area contributed by atoms with E-state index in [1.807, 2.05) is 37.3 Å². The number of halogens is 1. The lowest BCUT2D eigenvalue weighted by Gasteiger charge is -2.08. The summed E-state index contributed by atoms with van der Waals surface area (Å²) in [5.74, 6) is 0.284. The van der Waals surface area contributed by atoms with E-state index < -0.39 is 0 Å². The predicted molar refractivity (Wildman–Crippen MR) is 71.6 cm³/mol. The molecule has 17 heavy (non-hydrogen) atoms. The van der Waals surface area contributed by atoms with Crippen LogP contribution in [0, 0.1) is 6.92 Å². The fraction of sp³-hybridized carbons (Fsp3) is 0.143. The molecule has 0 heterocycles. The van der Waals surface area contributed by atoms with Crippen LogP contribution in [0.1, 0.15) is 11.1 Å². The number of rotatable bonds is 3. The van der Waals surface area contributed by atoms with E-state index in [0.717, 1.165) is 21.8 Å². The predicted octanol–water partition coefficient (Wildman–Crippen LogP) is 3.97. The number of nitrogens with one attached hydrogen (secondary N) is 1. The van der Waals surface area contributed by atoms with Crippen LogP contribution in [0.3, 0.4) is 0 Å². The van der Waals surface area contributed by atoms with Crippen LogP contribution < -0.4 is 5.32 Å². The van der Waals surface area contributed by atoms with Gasteiger partial charge >= 0.3 is 0 Å². The molecule has 2 nitrogen and oxygen atoms in total. The molecule has 2 N–H and O–H groups in total. The Morgan fingerprint density at radius 2 is 2.00 bits per heavy atom. The molecule has 0 radical (unpaired) electrons. The van der Waals surface area contributed by atoms with Gasteiger partial charge in [-0.2, -0.15) is 0 Å². The molecule has 0 amide bonds. The number of phenolic OH excluding ortho intramolecular Hbond substituents is 1. The molecule has 3 heteroatoms. The molecule has 0 unspecified atom stereocenters. The van der Waals surface area contributed by atoms with Crippen LogP contribution in [0.15, 0.2) is 42.5 Å². The van der Waals surface area contributed by atoms with Crippen molar-refractivity contribution >= 4 is 17.3 Å². The Hall–Kier alpha value is -1.67. The highest BCUT2D eigenvalue weighted by molar-refractivity contribution is 6.31. The molecule has 0 aliphatic carbocycles. The van der Waals surface area contributed by atoms with Crippen molar-refractivity contribution in [2.24, 2.45) is 0 Å². The van der Waals surface area contributed by atoms with Gasteiger partial charge in [-0.15, -0.1) is 0 Å². The second kappa shape index (κ2) is 5.11. The number of aromatic hydroxyl groups is 1. The molecule has 0 aliphatic heterocycles. The summed E-state index contributed by atoms with van der Waals surface area (Å²) in [7, 11) is 0. The normalized spacial score (nSPS) is 10.2. The molecule has 0 aromatic heterocycles. The summed E-state index contributed by atoms with van der Waals surface area (Å²) in [4.78, 5) is 0. The lowest BCUT2D eigenvalue weighted by molar-refractivity contribution is 0.474. The average Bonchev–Trinajstić information content (AvgIpc) is 2.31. The summed E-state index contributed by atoms with van der Waals surface area (Å²) in [6.45, 7) is 2.63. The Kier molecular flexibility index (Phi) is 3.55. The molecule has 0 atom stereocenters. The van der Waals surface area contributed by atoms with E-state index in [2.05, 4.69) is 5.32 Å². The van der Waals surface area contributed by atoms with Crippen molar-refractivity contribution in [2.45, 2.75) is 13.5 Å². The third kappa shape index (κ3) is 3.14. The fourth-order valence-corrected chi connectivity index (χ4v) is 1.75. The quantitative estimate of drug-likeness (QED) is 0.860. The average molecular weight is 248 g/mol. The Morgan fingerprint density at radius 1 is 1.18 bits per heavy atom. The number of benzene rings is 2. The van der Waals surface area contributed by atoms with Gasteiger partial charge in [-0.1, -0.05) is 29.8 Å². The van der Waals surface area contributed by atoms with Gasteiger partial charge < -0.3 is 10.4 Å². The summed E-state index contributed by atoms with van der Waals surface area (Å²) in [5, 5.41) is 13.4. The fourth-order valence-electron chi connectivity index (χ4n) is 1.57. The van der Waals surface area contributed by atoms with Crippen molar-refractivity contribution in [2.75, 3.05) is 5.32 Å². The monoisotopic (exact) mass is 247 g/mol. The first-order valence-electron chi connectivity index (χ1n) is 5.43. The molecule has 0 saturated carbocycles. The molecule has 0 bridgehead atoms. The maximum atomic E-state index is 9.34. The van der Waals surface area contributed by atoms with Gasteiger partial charge in [0, 0.05) is 17.3 Å². The lowest BCUT2D eigenvalue weighted by Crippen LogP contribution is -1.99. The maximum absolute atomic E-state index is 9.34. The summed E-state index contributed by atoms with van der Waals surface area (Å²) >= 11 is 6.04. The minimum atomic E-state index is 0.284. The second-order valence-corrected chi connectivity index (χ2v) is 4.39. The lowest BCUT2D eigenvalue weighted by atomic mass is 10.2. The van der Waals surface area contributed by atoms with Crippen molar-refractivity contribution in [1.82, 2.24) is 0 Å². The SMILES string of the molecule is Cc1ccc(NCc2cccc(O)c2)cc1Cl. The van der Waals surface area contributed by atoms with Crippen LogP contribution in [0.25, 0.3) is 0 Å². The van der Waals surface area contributed by atoms with Crippen LogP contribution in [0.2, 0.25) is 5.02 Å². The third-order valence-corrected chi connectivity index (χ3v) is 2.99. The van der Waals surface area contributed by atoms with Gasteiger partial charge in [0.05, 0.1) is 0 Å². The van der Waals surface area contributed by atoms with Crippen molar-refractivity contribution in [3.63, 3.8) is 0 Å². The first-order valence-corrected chi connectivity index (χ1v) is 5.81. The smallest absolute Gasteiger partial charge is 0.115 e. The first kappa shape index (κ1) is 11.8. The minimum absolute atomic E-state index is 0.284. The van der Waals surface area contributed by atoms with Gasteiger partial charge in [0.15, 0.2) is 0 Å². The van der Waals surface area contributed by atoms with Gasteiger partial charge in [0.25, 0.3) is 0 Å². The Labute approximate surface area is 106 Å². The van der Waals surface area contributed by atoms with Gasteiger partial charge in [-0.25, -0.2) is 0 Å². The van der Waals surface area contributed by atoms with Crippen molar-refractivity contribution in [3.8, 4) is 5.75 Å². The van der Waals surface area contributed by atoms with Crippen LogP contribution in [-0.2, 0) is 6.54 Å². The van der Waals surface area contributed by atoms with Crippen LogP contribution in [0.4, 0.5) is 5.69 Å². The van der Waals surface area contributed by atoms with E-state index in [0.29, 0.717) is 6.54 Å². The van der Waals surface area contributed by atoms with Crippen LogP contribution >= 0.6 is 11.6 Å². The van der Waals surface area contributed by atoms with E-state index in [1.165, 1.54) is 0 Å². The molecule has 2 aromatic rings. The molecular weight excluding hydrogens is 234 g/mol. The van der Waals surface area contributed by atoms with Gasteiger partial charge in [0.2, 0.25) is 0 Å². The molecule has 0 saturated heterocycles. The molecule has 2 aromatic carbocycles. The summed E-state index contributed by atoms with van der Waals surface area (Å²) in [6, 6.07) is 13.1. The Bertz CT molecular complexity index is 525. The Balaban J connectivity index is 2.05.